The zero-order valence-corrected chi connectivity index (χ0v) is 67.5. The predicted molar refractivity (Wildman–Crippen MR) is 416 cm³/mol. The van der Waals surface area contributed by atoms with Gasteiger partial charge in [0.05, 0.1) is 89.4 Å². The average Bonchev–Trinajstić information content (AvgIpc) is 1.60. The molecule has 14 rings (SSSR count). The zero-order chi connectivity index (χ0) is 80.9. The van der Waals surface area contributed by atoms with E-state index in [-0.39, 0.29) is 11.6 Å². The third-order valence-electron chi connectivity index (χ3n) is 15.6. The second-order valence-corrected chi connectivity index (χ2v) is 38.8. The minimum Gasteiger partial charge on any atom is -0.399 e. The first-order chi connectivity index (χ1) is 52.9. The molecular formula is C73H76BrCl3F9N23OSn. The van der Waals surface area contributed by atoms with Crippen molar-refractivity contribution in [2.24, 2.45) is 0 Å². The Kier molecular flexibility index (Phi) is 33.6. The summed E-state index contributed by atoms with van der Waals surface area (Å²) in [6.07, 6.45) is 25.5. The second kappa shape index (κ2) is 42.3. The van der Waals surface area contributed by atoms with E-state index in [0.717, 1.165) is 104 Å². The Labute approximate surface area is 659 Å². The minimum absolute atomic E-state index is 0.0508. The molecule has 24 nitrogen and oxygen atoms in total. The first-order valence-corrected chi connectivity index (χ1v) is 43.7. The number of carbonyl (C=O) groups is 1. The van der Waals surface area contributed by atoms with Gasteiger partial charge in [-0.1, -0.05) is 68.4 Å². The fourth-order valence-corrected chi connectivity index (χ4v) is 28.1. The molecule has 38 heteroatoms. The van der Waals surface area contributed by atoms with Crippen LogP contribution >= 0.6 is 50.7 Å². The summed E-state index contributed by atoms with van der Waals surface area (Å²) >= 11 is 16.3. The van der Waals surface area contributed by atoms with Crippen LogP contribution in [0.3, 0.4) is 0 Å². The van der Waals surface area contributed by atoms with Crippen LogP contribution in [0.2, 0.25) is 28.8 Å². The minimum atomic E-state index is -4.41. The molecule has 0 aliphatic rings. The van der Waals surface area contributed by atoms with Crippen molar-refractivity contribution >= 4 is 124 Å². The number of unbranched alkanes of at least 4 members (excludes halogenated alkanes) is 3. The Morgan fingerprint density at radius 2 is 1.00 bits per heavy atom. The molecule has 0 bridgehead atoms. The van der Waals surface area contributed by atoms with E-state index >= 15 is 0 Å². The number of nitrogen functional groups attached to an aromatic ring is 2. The van der Waals surface area contributed by atoms with Crippen molar-refractivity contribution in [1.29, 1.82) is 0 Å². The van der Waals surface area contributed by atoms with Crippen LogP contribution in [0.25, 0.3) is 45.5 Å². The van der Waals surface area contributed by atoms with Crippen molar-refractivity contribution in [3.63, 3.8) is 0 Å². The molecular weight excluding hydrogens is 1690 g/mol. The second-order valence-electron chi connectivity index (χ2n) is 24.1. The van der Waals surface area contributed by atoms with Crippen molar-refractivity contribution in [2.45, 2.75) is 119 Å². The Balaban J connectivity index is 0.000000187. The van der Waals surface area contributed by atoms with Crippen LogP contribution in [-0.4, -0.2) is 127 Å². The topological polar surface area (TPSA) is 305 Å². The number of alkyl halides is 10. The van der Waals surface area contributed by atoms with Gasteiger partial charge in [0.2, 0.25) is 5.78 Å². The molecule has 2 aromatic carbocycles. The quantitative estimate of drug-likeness (QED) is 0.0372. The van der Waals surface area contributed by atoms with Crippen molar-refractivity contribution < 1.29 is 44.3 Å². The monoisotopic (exact) mass is 1770 g/mol. The molecule has 0 atom stereocenters. The number of halogens is 13. The number of hydrogen-bond acceptors (Lipinski definition) is 20. The molecule has 0 radical (unpaired) electrons. The number of hydrogen-bond donors (Lipinski definition) is 3. The maximum absolute atomic E-state index is 13.9. The summed E-state index contributed by atoms with van der Waals surface area (Å²) in [5, 5.41) is 4.45. The van der Waals surface area contributed by atoms with Crippen molar-refractivity contribution in [3.05, 3.63) is 234 Å². The number of nitrogens with two attached hydrogens (primary N) is 2. The van der Waals surface area contributed by atoms with E-state index in [1.54, 1.807) is 72.6 Å². The molecule has 0 aliphatic carbocycles. The zero-order valence-electron chi connectivity index (χ0n) is 60.8. The van der Waals surface area contributed by atoms with Crippen molar-refractivity contribution in [2.75, 3.05) is 22.1 Å². The van der Waals surface area contributed by atoms with E-state index in [0.29, 0.717) is 64.5 Å². The number of Topliss-reactive ketones (excluding diaryl/α,β-unsaturated/α-hetero) is 1. The van der Waals surface area contributed by atoms with E-state index in [4.69, 9.17) is 46.3 Å². The van der Waals surface area contributed by atoms with Gasteiger partial charge >= 0.3 is 171 Å². The van der Waals surface area contributed by atoms with Gasteiger partial charge in [-0.05, 0) is 70.2 Å². The molecule has 0 aliphatic heterocycles. The van der Waals surface area contributed by atoms with E-state index in [2.05, 4.69) is 122 Å². The smallest absolute Gasteiger partial charge is 0.399 e. The first-order valence-electron chi connectivity index (χ1n) is 34.0. The fraction of sp³-hybridized carbons (Fsp3) is 0.274. The van der Waals surface area contributed by atoms with Crippen LogP contribution in [0.4, 0.5) is 62.5 Å². The van der Waals surface area contributed by atoms with Crippen LogP contribution in [0.5, 0.6) is 0 Å². The number of nitrogens with one attached hydrogen (secondary N) is 1. The van der Waals surface area contributed by atoms with Crippen molar-refractivity contribution in [1.82, 2.24) is 97.3 Å². The summed E-state index contributed by atoms with van der Waals surface area (Å²) in [6.45, 7) is 13.7. The number of aromatic nitrogens is 20. The average molecular weight is 1770 g/mol. The number of aryl methyl sites for hydroxylation is 3. The number of anilines is 4. The Bertz CT molecular complexity index is 5120. The molecule has 5 N–H and O–H groups in total. The van der Waals surface area contributed by atoms with Crippen LogP contribution < -0.4 is 20.5 Å². The fourth-order valence-electron chi connectivity index (χ4n) is 10.6. The maximum atomic E-state index is 13.9. The normalized spacial score (nSPS) is 11.2. The number of carbonyl (C=O) groups excluding carboxylic acids is 1. The molecule has 14 aromatic rings. The molecule has 0 saturated heterocycles. The van der Waals surface area contributed by atoms with E-state index in [9.17, 15) is 44.3 Å². The molecule has 0 saturated carbocycles. The maximum Gasteiger partial charge on any atom is 0.434 e. The number of fused-ring (bicyclic) bond motifs is 4. The largest absolute Gasteiger partial charge is 0.434 e. The molecule has 584 valence electrons. The predicted octanol–water partition coefficient (Wildman–Crippen LogP) is 18.3. The van der Waals surface area contributed by atoms with E-state index < -0.39 is 53.9 Å². The van der Waals surface area contributed by atoms with E-state index in [1.165, 1.54) is 84.7 Å². The molecule has 0 spiro atoms. The molecule has 12 aromatic heterocycles. The van der Waals surface area contributed by atoms with Crippen LogP contribution in [0.1, 0.15) is 100 Å². The van der Waals surface area contributed by atoms with Gasteiger partial charge < -0.3 is 16.8 Å². The summed E-state index contributed by atoms with van der Waals surface area (Å²) in [4.78, 5) is 73.3. The summed E-state index contributed by atoms with van der Waals surface area (Å²) < 4.78 is 126. The van der Waals surface area contributed by atoms with Crippen LogP contribution in [0, 0.1) is 20.8 Å². The Morgan fingerprint density at radius 1 is 0.514 bits per heavy atom. The van der Waals surface area contributed by atoms with Crippen molar-refractivity contribution in [3.8, 4) is 22.8 Å². The number of ketones is 1. The molecule has 111 heavy (non-hydrogen) atoms. The van der Waals surface area contributed by atoms with E-state index in [1.807, 2.05) is 60.0 Å². The van der Waals surface area contributed by atoms with Gasteiger partial charge in [-0.3, -0.25) is 47.9 Å². The number of rotatable bonds is 15. The SMILES string of the molecule is CC(=O)CBr.CCC[CH2][Sn]([CH2]CCC)([CH2]CCC)[c]1c(C(F)(F)F)nc2cnccn12.Cc1ccc(N)cc1.Cc1nc2cnccn2c1-c1cncc(Cl)n1.Cc1nc2cnccn2c1-c1cncc(Nc2ccc(C(F)(F)F)cc2)n1.Clc1cncc(Cl)n1.FC(F)(F)c1cn2cccnc2n1.Nc1cnccn1. The number of imidazole rings is 4. The molecule has 0 amide bonds. The Morgan fingerprint density at radius 3 is 1.42 bits per heavy atom. The first kappa shape index (κ1) is 88.0. The van der Waals surface area contributed by atoms with Gasteiger partial charge in [-0.15, -0.1) is 0 Å². The van der Waals surface area contributed by atoms with Gasteiger partial charge in [-0.25, -0.2) is 39.9 Å². The third-order valence-corrected chi connectivity index (χ3v) is 32.4. The van der Waals surface area contributed by atoms with Crippen LogP contribution in [-0.2, 0) is 23.3 Å². The Hall–Kier alpha value is -10.2. The third kappa shape index (κ3) is 26.8. The summed E-state index contributed by atoms with van der Waals surface area (Å²) in [5.74, 6) is 1.10. The number of nitrogens with zero attached hydrogens (tertiary/aromatic N) is 20. The van der Waals surface area contributed by atoms with Gasteiger partial charge in [0.25, 0.3) is 0 Å². The summed E-state index contributed by atoms with van der Waals surface area (Å²) in [7, 11) is 0. The van der Waals surface area contributed by atoms with Gasteiger partial charge in [0.15, 0.2) is 17.0 Å². The summed E-state index contributed by atoms with van der Waals surface area (Å²) in [6, 6.07) is 14.1. The van der Waals surface area contributed by atoms with Gasteiger partial charge in [0, 0.05) is 67.1 Å². The molecule has 0 unspecified atom stereocenters. The number of benzene rings is 2. The van der Waals surface area contributed by atoms with Gasteiger partial charge in [-0.2, -0.15) is 26.3 Å². The molecule has 12 heterocycles. The molecule has 0 fully saturated rings. The van der Waals surface area contributed by atoms with Crippen LogP contribution in [0.15, 0.2) is 185 Å². The van der Waals surface area contributed by atoms with Gasteiger partial charge in [0.1, 0.15) is 44.3 Å². The summed E-state index contributed by atoms with van der Waals surface area (Å²) in [5.41, 5.74) is 17.3. The standard InChI is InChI=1S/C18H13F3N6.C11H8ClN5.C7H3F3N3.C7H4F3N3.C7H9N.C4H2Cl2N2.C4H5N3.3C4H9.C3H5BrO.Sn/c1-11-17(27-7-6-22-10-16(27)24-11)14-8-23-9-15(26-14)25-13-4-2-12(3-5-13)18(19,20)21;1-7-11(8-4-14-5-9(12)16-8)17-3-2-13-6-10(17)15-7;8-7(9,10)5-4-13-2-1-11-3-6(13)12-5;8-7(9,10)5-4-13-3-1-2-11-6(13)12-5;1-6-2-4-7(8)5-3-6;5-3-1-7-2-4(6)8-3;5-4-3-6-1-2-7-4;3*1-3-4-2;1-3(5)2-4;/h2-10H,1H3,(H,25,26);2-6H,1H3;1-3H;1-4H;2-5H,8H2,1H3;1-2H;1-3H,(H2,5,7);3*1,3-4H2,2H3;2H2,1H3;.